The van der Waals surface area contributed by atoms with Crippen LogP contribution in [0.15, 0.2) is 6.20 Å². The number of ether oxygens (including phenoxy) is 4. The van der Waals surface area contributed by atoms with Gasteiger partial charge in [0.25, 0.3) is 0 Å². The number of likely N-dealkylation sites (tertiary alicyclic amines) is 2. The molecule has 0 radical (unpaired) electrons. The molecule has 3 saturated heterocycles. The summed E-state index contributed by atoms with van der Waals surface area (Å²) in [6.45, 7) is 12.7. The number of carbonyl (C=O) groups excluding carboxylic acids is 2. The van der Waals surface area contributed by atoms with Crippen molar-refractivity contribution in [1.82, 2.24) is 24.8 Å². The van der Waals surface area contributed by atoms with Gasteiger partial charge in [-0.05, 0) is 85.5 Å². The van der Waals surface area contributed by atoms with Crippen LogP contribution in [0, 0.1) is 23.0 Å². The van der Waals surface area contributed by atoms with Gasteiger partial charge in [-0.15, -0.1) is 11.3 Å². The number of piperazine rings is 1. The molecule has 17 heteroatoms. The van der Waals surface area contributed by atoms with E-state index in [1.165, 1.54) is 0 Å². The van der Waals surface area contributed by atoms with E-state index in [1.54, 1.807) is 25.7 Å². The number of nitrogens with zero attached hydrogens (tertiary/aromatic N) is 7. The van der Waals surface area contributed by atoms with Crippen molar-refractivity contribution in [2.24, 2.45) is 0 Å². The Morgan fingerprint density at radius 3 is 2.43 bits per heavy atom. The van der Waals surface area contributed by atoms with Crippen molar-refractivity contribution in [1.29, 1.82) is 5.26 Å². The zero-order valence-corrected chi connectivity index (χ0v) is 33.2. The number of halogens is 2. The summed E-state index contributed by atoms with van der Waals surface area (Å²) in [5, 5.41) is 13.5. The Kier molecular flexibility index (Phi) is 9.44. The molecule has 0 aliphatic carbocycles. The second-order valence-electron chi connectivity index (χ2n) is 16.8. The van der Waals surface area contributed by atoms with Gasteiger partial charge in [0.1, 0.15) is 40.2 Å². The van der Waals surface area contributed by atoms with E-state index in [2.05, 4.69) is 26.2 Å². The van der Waals surface area contributed by atoms with Crippen LogP contribution in [0.3, 0.4) is 0 Å². The number of aromatic nitrogens is 3. The normalized spacial score (nSPS) is 20.9. The number of piperidine rings is 1. The second-order valence-corrected chi connectivity index (χ2v) is 17.8. The van der Waals surface area contributed by atoms with Gasteiger partial charge in [0, 0.05) is 30.1 Å². The number of fused-ring (bicyclic) bond motifs is 6. The number of carbonyl (C=O) groups is 2. The summed E-state index contributed by atoms with van der Waals surface area (Å²) < 4.78 is 56.4. The topological polar surface area (TPSA) is 155 Å². The summed E-state index contributed by atoms with van der Waals surface area (Å²) in [7, 11) is 2.03. The lowest BCUT2D eigenvalue weighted by Crippen LogP contribution is -2.70. The lowest BCUT2D eigenvalue weighted by Gasteiger charge is -2.56. The fourth-order valence-electron chi connectivity index (χ4n) is 8.13. The SMILES string of the molecule is CN1CCC[C@H]1COc1nc(N2C3CC2CN(C(=O)OC(C)(C)C)C3)c2c3c(c(-c4ncc(F)c5sc(NC(=O)OC(C)(C)C)c(C#N)c45)c(F)c2n1)COC3. The standard InChI is InChI=1S/C39H44F2N8O6S/c1-38(2,3)54-36(50)46-34-22(12-42)27-30(43-13-25(40)32(27)56-34)26-23-17-52-18-24(23)28-31(29(26)41)44-35(53-16-19-9-8-10-47(19)7)45-33(28)49-20-11-21(49)15-48(14-20)37(51)55-39(4,5)6/h13,19-21H,8-11,14-18H2,1-7H3,(H,46,50)/t19-,20?,21?/m0/s1. The van der Waals surface area contributed by atoms with Crippen LogP contribution in [-0.2, 0) is 27.4 Å². The van der Waals surface area contributed by atoms with E-state index in [0.717, 1.165) is 43.3 Å². The molecule has 296 valence electrons. The molecule has 2 unspecified atom stereocenters. The van der Waals surface area contributed by atoms with E-state index in [9.17, 15) is 14.9 Å². The van der Waals surface area contributed by atoms with E-state index in [4.69, 9.17) is 28.9 Å². The molecule has 14 nitrogen and oxygen atoms in total. The first-order chi connectivity index (χ1) is 26.5. The van der Waals surface area contributed by atoms with E-state index in [1.807, 2.05) is 27.8 Å². The zero-order chi connectivity index (χ0) is 39.8. The minimum atomic E-state index is -0.831. The van der Waals surface area contributed by atoms with Gasteiger partial charge in [0.2, 0.25) is 0 Å². The molecule has 8 rings (SSSR count). The van der Waals surface area contributed by atoms with Gasteiger partial charge in [-0.2, -0.15) is 15.2 Å². The van der Waals surface area contributed by atoms with Crippen molar-refractivity contribution in [3.63, 3.8) is 0 Å². The van der Waals surface area contributed by atoms with Crippen LogP contribution in [-0.4, -0.2) is 99.6 Å². The Balaban J connectivity index is 1.27. The quantitative estimate of drug-likeness (QED) is 0.212. The molecule has 0 spiro atoms. The summed E-state index contributed by atoms with van der Waals surface area (Å²) in [6.07, 6.45) is 2.54. The number of likely N-dealkylation sites (N-methyl/N-ethyl adjacent to an activating group) is 1. The summed E-state index contributed by atoms with van der Waals surface area (Å²) in [4.78, 5) is 45.9. The molecule has 1 N–H and O–H groups in total. The van der Waals surface area contributed by atoms with E-state index < -0.39 is 28.9 Å². The van der Waals surface area contributed by atoms with Crippen molar-refractivity contribution in [2.75, 3.05) is 43.5 Å². The predicted molar refractivity (Wildman–Crippen MR) is 205 cm³/mol. The van der Waals surface area contributed by atoms with Crippen molar-refractivity contribution >= 4 is 55.3 Å². The van der Waals surface area contributed by atoms with Crippen LogP contribution in [0.1, 0.15) is 77.5 Å². The van der Waals surface area contributed by atoms with Crippen LogP contribution in [0.4, 0.5) is 29.2 Å². The zero-order valence-electron chi connectivity index (χ0n) is 32.4. The number of nitriles is 1. The molecular formula is C39H44F2N8O6S. The average Bonchev–Trinajstić information content (AvgIpc) is 3.85. The van der Waals surface area contributed by atoms with Crippen LogP contribution < -0.4 is 15.0 Å². The summed E-state index contributed by atoms with van der Waals surface area (Å²) >= 11 is 0.837. The van der Waals surface area contributed by atoms with E-state index >= 15 is 8.78 Å². The van der Waals surface area contributed by atoms with Gasteiger partial charge in [-0.3, -0.25) is 10.3 Å². The molecule has 2 bridgehead atoms. The second kappa shape index (κ2) is 13.9. The first kappa shape index (κ1) is 38.0. The smallest absolute Gasteiger partial charge is 0.412 e. The number of amides is 2. The third-order valence-electron chi connectivity index (χ3n) is 10.6. The monoisotopic (exact) mass is 790 g/mol. The maximum Gasteiger partial charge on any atom is 0.412 e. The predicted octanol–water partition coefficient (Wildman–Crippen LogP) is 7.10. The highest BCUT2D eigenvalue weighted by molar-refractivity contribution is 7.23. The third-order valence-corrected chi connectivity index (χ3v) is 11.7. The highest BCUT2D eigenvalue weighted by atomic mass is 32.1. The summed E-state index contributed by atoms with van der Waals surface area (Å²) in [6, 6.07) is 1.98. The molecule has 4 aliphatic heterocycles. The van der Waals surface area contributed by atoms with Crippen LogP contribution >= 0.6 is 11.3 Å². The number of nitrogens with one attached hydrogen (secondary N) is 1. The Hall–Kier alpha value is -4.92. The number of thiophene rings is 1. The molecule has 7 heterocycles. The fraction of sp³-hybridized carbons (Fsp3) is 0.538. The number of anilines is 2. The summed E-state index contributed by atoms with van der Waals surface area (Å²) in [5.41, 5.74) is -0.450. The van der Waals surface area contributed by atoms with Crippen molar-refractivity contribution in [3.05, 3.63) is 34.5 Å². The Morgan fingerprint density at radius 1 is 1.05 bits per heavy atom. The van der Waals surface area contributed by atoms with Crippen molar-refractivity contribution in [2.45, 2.75) is 103 Å². The number of pyridine rings is 1. The Morgan fingerprint density at radius 2 is 1.77 bits per heavy atom. The van der Waals surface area contributed by atoms with Crippen LogP contribution in [0.2, 0.25) is 0 Å². The Bertz CT molecular complexity index is 2310. The highest BCUT2D eigenvalue weighted by Crippen LogP contribution is 2.49. The van der Waals surface area contributed by atoms with Gasteiger partial charge < -0.3 is 33.6 Å². The lowest BCUT2D eigenvalue weighted by atomic mass is 9.86. The molecule has 0 saturated carbocycles. The van der Waals surface area contributed by atoms with Gasteiger partial charge in [-0.25, -0.2) is 18.4 Å². The molecule has 56 heavy (non-hydrogen) atoms. The van der Waals surface area contributed by atoms with Crippen molar-refractivity contribution in [3.8, 4) is 23.3 Å². The van der Waals surface area contributed by atoms with E-state index in [-0.39, 0.29) is 80.9 Å². The van der Waals surface area contributed by atoms with Gasteiger partial charge in [-0.1, -0.05) is 0 Å². The molecule has 1 aromatic carbocycles. The molecule has 4 aromatic rings. The van der Waals surface area contributed by atoms with Crippen LogP contribution in [0.25, 0.3) is 32.2 Å². The first-order valence-corrected chi connectivity index (χ1v) is 19.6. The minimum Gasteiger partial charge on any atom is -0.462 e. The number of benzene rings is 1. The van der Waals surface area contributed by atoms with Crippen LogP contribution in [0.5, 0.6) is 6.01 Å². The molecule has 2 amide bonds. The molecule has 4 aliphatic rings. The lowest BCUT2D eigenvalue weighted by molar-refractivity contribution is 0.00842. The Labute approximate surface area is 326 Å². The van der Waals surface area contributed by atoms with Gasteiger partial charge in [0.05, 0.1) is 52.8 Å². The first-order valence-electron chi connectivity index (χ1n) is 18.7. The largest absolute Gasteiger partial charge is 0.462 e. The van der Waals surface area contributed by atoms with Crippen molar-refractivity contribution < 1.29 is 37.3 Å². The summed E-state index contributed by atoms with van der Waals surface area (Å²) in [5.74, 6) is -1.01. The molecule has 3 aromatic heterocycles. The number of hydrogen-bond acceptors (Lipinski definition) is 13. The maximum absolute atomic E-state index is 17.6. The van der Waals surface area contributed by atoms with Gasteiger partial charge >= 0.3 is 18.2 Å². The maximum atomic E-state index is 17.6. The fourth-order valence-corrected chi connectivity index (χ4v) is 9.17. The van der Waals surface area contributed by atoms with E-state index in [0.29, 0.717) is 42.0 Å². The third kappa shape index (κ3) is 6.81. The number of rotatable bonds is 6. The molecule has 3 atom stereocenters. The number of hydrogen-bond donors (Lipinski definition) is 1. The minimum absolute atomic E-state index is 0.000191. The van der Waals surface area contributed by atoms with Gasteiger partial charge in [0.15, 0.2) is 11.6 Å². The highest BCUT2D eigenvalue weighted by Gasteiger charge is 2.49. The average molecular weight is 791 g/mol. The molecule has 3 fully saturated rings. The molecular weight excluding hydrogens is 747 g/mol.